The molecular formula is C57H97N5O15. The predicted molar refractivity (Wildman–Crippen MR) is 289 cm³/mol. The number of rotatable bonds is 26. The van der Waals surface area contributed by atoms with Gasteiger partial charge in [-0.2, -0.15) is 0 Å². The van der Waals surface area contributed by atoms with E-state index >= 15 is 0 Å². The molecule has 6 aliphatic rings. The van der Waals surface area contributed by atoms with Crippen LogP contribution in [0.25, 0.3) is 0 Å². The number of aliphatic carboxylic acids is 5. The molecule has 5 aliphatic heterocycles. The zero-order valence-electron chi connectivity index (χ0n) is 47.5. The summed E-state index contributed by atoms with van der Waals surface area (Å²) in [6.45, 7) is 16.8. The van der Waals surface area contributed by atoms with Gasteiger partial charge in [-0.25, -0.2) is 0 Å². The van der Waals surface area contributed by atoms with Gasteiger partial charge < -0.3 is 50.0 Å². The number of amides is 5. The first kappa shape index (κ1) is 67.8. The Morgan fingerprint density at radius 3 is 1.29 bits per heavy atom. The van der Waals surface area contributed by atoms with Gasteiger partial charge in [0.2, 0.25) is 29.5 Å². The summed E-state index contributed by atoms with van der Waals surface area (Å²) in [4.78, 5) is 121. The van der Waals surface area contributed by atoms with E-state index in [1.165, 1.54) is 51.4 Å². The number of nitrogens with zero attached hydrogens (tertiary/aromatic N) is 5. The second-order valence-corrected chi connectivity index (χ2v) is 21.9. The van der Waals surface area contributed by atoms with E-state index in [0.29, 0.717) is 45.3 Å². The molecule has 20 heteroatoms. The van der Waals surface area contributed by atoms with Gasteiger partial charge in [-0.3, -0.25) is 47.9 Å². The van der Waals surface area contributed by atoms with Crippen LogP contribution >= 0.6 is 0 Å². The first-order valence-corrected chi connectivity index (χ1v) is 29.2. The highest BCUT2D eigenvalue weighted by Gasteiger charge is 2.44. The number of likely N-dealkylation sites (tertiary alicyclic amines) is 5. The minimum Gasteiger partial charge on any atom is -0.481 e. The SMILES string of the molecule is CCCCC1C(=O)N(CCCC)CC1C(=O)O.CCCCCCCN1CC(C(=O)O)CC1=O.CCCCCCN1CC(C(=O)O)CC1=O.CCCCN1C(=O)CC(C(=O)O)C1C.O=C(O)C1CC(=O)N(C2CCCCC2)C1. The largest absolute Gasteiger partial charge is 0.481 e. The molecule has 0 aromatic carbocycles. The summed E-state index contributed by atoms with van der Waals surface area (Å²) >= 11 is 0. The zero-order valence-corrected chi connectivity index (χ0v) is 47.5. The molecule has 77 heavy (non-hydrogen) atoms. The van der Waals surface area contributed by atoms with Crippen molar-refractivity contribution in [2.75, 3.05) is 52.4 Å². The fourth-order valence-electron chi connectivity index (χ4n) is 10.9. The van der Waals surface area contributed by atoms with Crippen molar-refractivity contribution in [3.8, 4) is 0 Å². The van der Waals surface area contributed by atoms with Crippen LogP contribution in [0.3, 0.4) is 0 Å². The van der Waals surface area contributed by atoms with Crippen LogP contribution in [0.2, 0.25) is 0 Å². The number of carboxylic acid groups (broad SMARTS) is 5. The topological polar surface area (TPSA) is 288 Å². The Balaban J connectivity index is 0.000000330. The Labute approximate surface area is 458 Å². The highest BCUT2D eigenvalue weighted by Crippen LogP contribution is 2.31. The first-order chi connectivity index (χ1) is 36.7. The summed E-state index contributed by atoms with van der Waals surface area (Å²) in [5, 5.41) is 44.5. The van der Waals surface area contributed by atoms with Crippen molar-refractivity contribution >= 4 is 59.4 Å². The molecule has 1 saturated carbocycles. The first-order valence-electron chi connectivity index (χ1n) is 29.2. The molecule has 0 aromatic heterocycles. The van der Waals surface area contributed by atoms with E-state index in [4.69, 9.17) is 25.5 Å². The number of unbranched alkanes of at least 4 members (excludes halogenated alkanes) is 10. The third-order valence-electron chi connectivity index (χ3n) is 15.8. The van der Waals surface area contributed by atoms with Gasteiger partial charge in [-0.1, -0.05) is 125 Å². The van der Waals surface area contributed by atoms with Crippen molar-refractivity contribution in [3.63, 3.8) is 0 Å². The van der Waals surface area contributed by atoms with Gasteiger partial charge in [0.15, 0.2) is 0 Å². The third-order valence-corrected chi connectivity index (χ3v) is 15.8. The van der Waals surface area contributed by atoms with Crippen LogP contribution in [0.15, 0.2) is 0 Å². The Morgan fingerprint density at radius 2 is 0.857 bits per heavy atom. The smallest absolute Gasteiger partial charge is 0.309 e. The highest BCUT2D eigenvalue weighted by atomic mass is 16.4. The van der Waals surface area contributed by atoms with Crippen molar-refractivity contribution in [2.24, 2.45) is 35.5 Å². The summed E-state index contributed by atoms with van der Waals surface area (Å²) in [6.07, 6.45) is 23.3. The Bertz CT molecular complexity index is 1890. The molecular weight excluding hydrogens is 995 g/mol. The fraction of sp³-hybridized carbons (Fsp3) is 0.825. The van der Waals surface area contributed by atoms with E-state index in [1.54, 1.807) is 24.5 Å². The summed E-state index contributed by atoms with van der Waals surface area (Å²) in [7, 11) is 0. The van der Waals surface area contributed by atoms with E-state index in [-0.39, 0.29) is 67.2 Å². The standard InChI is InChI=1S/C13H23NO3.C12H21NO3.C11H17NO3.C11H19NO3.C10H17NO3/c1-3-5-7-10-11(13(16)17)9-14(12(10)15)8-6-4-2;1-2-3-4-5-6-7-13-9-10(12(15)16)8-11(13)14;13-10-6-8(11(14)15)7-12(10)9-4-2-1-3-5-9;1-2-3-4-5-6-12-8-9(11(14)15)7-10(12)13;1-3-4-5-11-7(2)8(10(13)14)6-9(11)12/h10-11H,3-9H2,1-2H3,(H,16,17);10H,2-9H2,1H3,(H,15,16);8-9H,1-7H2,(H,14,15);9H,2-8H2,1H3,(H,14,15);7-8H,3-6H2,1-2H3,(H,13,14). The Hall–Kier alpha value is -5.30. The molecule has 0 spiro atoms. The van der Waals surface area contributed by atoms with E-state index in [9.17, 15) is 47.9 Å². The summed E-state index contributed by atoms with van der Waals surface area (Å²) in [5.74, 6) is -6.86. The maximum atomic E-state index is 12.1. The lowest BCUT2D eigenvalue weighted by Crippen LogP contribution is -2.38. The molecule has 5 N–H and O–H groups in total. The van der Waals surface area contributed by atoms with E-state index in [2.05, 4.69) is 34.6 Å². The number of carbonyl (C=O) groups is 10. The fourth-order valence-corrected chi connectivity index (χ4v) is 10.9. The van der Waals surface area contributed by atoms with Gasteiger partial charge in [0.05, 0.1) is 35.5 Å². The average Bonchev–Trinajstić information content (AvgIpc) is 4.22. The molecule has 0 bridgehead atoms. The minimum absolute atomic E-state index is 0.00102. The average molecular weight is 1090 g/mol. The maximum Gasteiger partial charge on any atom is 0.309 e. The molecule has 6 rings (SSSR count). The third kappa shape index (κ3) is 23.3. The van der Waals surface area contributed by atoms with Crippen LogP contribution in [0, 0.1) is 35.5 Å². The maximum absolute atomic E-state index is 12.1. The zero-order chi connectivity index (χ0) is 57.6. The second-order valence-electron chi connectivity index (χ2n) is 21.9. The van der Waals surface area contributed by atoms with Crippen molar-refractivity contribution in [1.29, 1.82) is 0 Å². The number of hydrogen-bond acceptors (Lipinski definition) is 10. The molecule has 5 heterocycles. The molecule has 20 nitrogen and oxygen atoms in total. The molecule has 1 aliphatic carbocycles. The highest BCUT2D eigenvalue weighted by molar-refractivity contribution is 5.89. The van der Waals surface area contributed by atoms with Crippen molar-refractivity contribution in [3.05, 3.63) is 0 Å². The van der Waals surface area contributed by atoms with Crippen LogP contribution in [0.5, 0.6) is 0 Å². The van der Waals surface area contributed by atoms with Crippen molar-refractivity contribution in [2.45, 2.75) is 214 Å². The van der Waals surface area contributed by atoms with E-state index < -0.39 is 59.4 Å². The molecule has 5 saturated heterocycles. The molecule has 440 valence electrons. The van der Waals surface area contributed by atoms with Crippen molar-refractivity contribution < 1.29 is 73.5 Å². The number of carboxylic acids is 5. The monoisotopic (exact) mass is 1090 g/mol. The van der Waals surface area contributed by atoms with Crippen molar-refractivity contribution in [1.82, 2.24) is 24.5 Å². The normalized spacial score (nSPS) is 24.2. The van der Waals surface area contributed by atoms with E-state index in [1.807, 2.05) is 6.92 Å². The van der Waals surface area contributed by atoms with Gasteiger partial charge in [-0.05, 0) is 51.9 Å². The van der Waals surface area contributed by atoms with Gasteiger partial charge >= 0.3 is 29.8 Å². The summed E-state index contributed by atoms with van der Waals surface area (Å²) < 4.78 is 0. The number of hydrogen-bond donors (Lipinski definition) is 5. The lowest BCUT2D eigenvalue weighted by molar-refractivity contribution is -0.144. The molecule has 0 radical (unpaired) electrons. The van der Waals surface area contributed by atoms with Crippen LogP contribution in [0.4, 0.5) is 0 Å². The predicted octanol–water partition coefficient (Wildman–Crippen LogP) is 7.89. The number of carbonyl (C=O) groups excluding carboxylic acids is 5. The van der Waals surface area contributed by atoms with E-state index in [0.717, 1.165) is 96.6 Å². The van der Waals surface area contributed by atoms with Gasteiger partial charge in [0.1, 0.15) is 0 Å². The van der Waals surface area contributed by atoms with Crippen LogP contribution in [0.1, 0.15) is 202 Å². The van der Waals surface area contributed by atoms with Gasteiger partial charge in [-0.15, -0.1) is 0 Å². The summed E-state index contributed by atoms with van der Waals surface area (Å²) in [6, 6.07) is 0.169. The molecule has 0 aromatic rings. The van der Waals surface area contributed by atoms with Crippen LogP contribution in [-0.2, 0) is 47.9 Å². The minimum atomic E-state index is -0.857. The lowest BCUT2D eigenvalue weighted by atomic mass is 9.91. The Morgan fingerprint density at radius 1 is 0.429 bits per heavy atom. The molecule has 5 amide bonds. The second kappa shape index (κ2) is 36.7. The Kier molecular flexibility index (Phi) is 32.3. The van der Waals surface area contributed by atoms with Gasteiger partial charge in [0.25, 0.3) is 0 Å². The molecule has 7 atom stereocenters. The quantitative estimate of drug-likeness (QED) is 0.0515. The van der Waals surface area contributed by atoms with Crippen LogP contribution in [-0.4, -0.2) is 174 Å². The van der Waals surface area contributed by atoms with Crippen LogP contribution < -0.4 is 0 Å². The molecule has 6 fully saturated rings. The molecule has 7 unspecified atom stereocenters. The lowest BCUT2D eigenvalue weighted by Gasteiger charge is -2.31. The summed E-state index contributed by atoms with van der Waals surface area (Å²) in [5.41, 5.74) is 0. The van der Waals surface area contributed by atoms with Gasteiger partial charge in [0, 0.05) is 90.1 Å².